The Balaban J connectivity index is 1.72. The molecule has 2 N–H and O–H groups in total. The van der Waals surface area contributed by atoms with Crippen LogP contribution in [0.25, 0.3) is 0 Å². The first-order valence-corrected chi connectivity index (χ1v) is 10.5. The lowest BCUT2D eigenvalue weighted by molar-refractivity contribution is 0.359. The maximum Gasteiger partial charge on any atom is 0.250 e. The topological polar surface area (TPSA) is 58.4 Å². The summed E-state index contributed by atoms with van der Waals surface area (Å²) in [5.41, 5.74) is 2.37. The van der Waals surface area contributed by atoms with Gasteiger partial charge in [0, 0.05) is 43.5 Å². The van der Waals surface area contributed by atoms with Gasteiger partial charge >= 0.3 is 0 Å². The number of benzene rings is 1. The van der Waals surface area contributed by atoms with Crippen LogP contribution in [0.1, 0.15) is 37.9 Å². The third-order valence-corrected chi connectivity index (χ3v) is 5.13. The summed E-state index contributed by atoms with van der Waals surface area (Å²) in [5.74, 6) is 0.803. The van der Waals surface area contributed by atoms with Crippen molar-refractivity contribution < 1.29 is 0 Å². The molecule has 0 saturated carbocycles. The minimum Gasteiger partial charge on any atom is -0.356 e. The molecule has 0 aliphatic heterocycles. The first-order chi connectivity index (χ1) is 13.8. The standard InChI is InChI=1S/C23H33ClN4O/c1-18-9-7-12-21(29)28(18)14-6-5-13-26-22(25-4)27-17-23(2,3)16-19-10-8-11-20(24)15-19/h7-12,15H,5-6,13-14,16-17H2,1-4H3,(H2,25,26,27). The van der Waals surface area contributed by atoms with E-state index in [1.807, 2.05) is 35.8 Å². The van der Waals surface area contributed by atoms with Gasteiger partial charge in [-0.2, -0.15) is 0 Å². The molecule has 5 nitrogen and oxygen atoms in total. The third-order valence-electron chi connectivity index (χ3n) is 4.90. The molecule has 0 spiro atoms. The molecule has 0 radical (unpaired) electrons. The van der Waals surface area contributed by atoms with Gasteiger partial charge in [-0.05, 0) is 55.4 Å². The summed E-state index contributed by atoms with van der Waals surface area (Å²) in [6.45, 7) is 8.79. The van der Waals surface area contributed by atoms with E-state index in [0.29, 0.717) is 0 Å². The van der Waals surface area contributed by atoms with Gasteiger partial charge in [-0.3, -0.25) is 9.79 Å². The number of aromatic nitrogens is 1. The number of hydrogen-bond donors (Lipinski definition) is 2. The molecule has 0 saturated heterocycles. The molecule has 2 aromatic rings. The Hall–Kier alpha value is -2.27. The van der Waals surface area contributed by atoms with E-state index in [-0.39, 0.29) is 11.0 Å². The van der Waals surface area contributed by atoms with Gasteiger partial charge in [0.25, 0.3) is 5.56 Å². The minimum absolute atomic E-state index is 0.0638. The lowest BCUT2D eigenvalue weighted by Gasteiger charge is -2.26. The van der Waals surface area contributed by atoms with Gasteiger partial charge in [0.2, 0.25) is 0 Å². The highest BCUT2D eigenvalue weighted by Crippen LogP contribution is 2.22. The van der Waals surface area contributed by atoms with Crippen LogP contribution < -0.4 is 16.2 Å². The van der Waals surface area contributed by atoms with E-state index in [1.54, 1.807) is 19.2 Å². The average molecular weight is 417 g/mol. The number of hydrogen-bond acceptors (Lipinski definition) is 2. The van der Waals surface area contributed by atoms with Gasteiger partial charge in [-0.1, -0.05) is 43.6 Å². The highest BCUT2D eigenvalue weighted by molar-refractivity contribution is 6.30. The average Bonchev–Trinajstić information content (AvgIpc) is 2.65. The first-order valence-electron chi connectivity index (χ1n) is 10.2. The number of guanidine groups is 1. The van der Waals surface area contributed by atoms with Crippen molar-refractivity contribution >= 4 is 17.6 Å². The molecule has 0 aliphatic carbocycles. The van der Waals surface area contributed by atoms with E-state index < -0.39 is 0 Å². The Morgan fingerprint density at radius 2 is 1.90 bits per heavy atom. The number of rotatable bonds is 9. The summed E-state index contributed by atoms with van der Waals surface area (Å²) in [6, 6.07) is 13.4. The quantitative estimate of drug-likeness (QED) is 0.368. The van der Waals surface area contributed by atoms with Crippen LogP contribution in [-0.4, -0.2) is 30.7 Å². The van der Waals surface area contributed by atoms with Gasteiger partial charge in [0.15, 0.2) is 5.96 Å². The molecule has 158 valence electrons. The number of halogens is 1. The second-order valence-electron chi connectivity index (χ2n) is 8.19. The lowest BCUT2D eigenvalue weighted by Crippen LogP contribution is -2.43. The predicted molar refractivity (Wildman–Crippen MR) is 123 cm³/mol. The molecule has 0 bridgehead atoms. The monoisotopic (exact) mass is 416 g/mol. The summed E-state index contributed by atoms with van der Waals surface area (Å²) in [4.78, 5) is 16.2. The molecule has 6 heteroatoms. The van der Waals surface area contributed by atoms with E-state index in [1.165, 1.54) is 5.56 Å². The number of nitrogens with one attached hydrogen (secondary N) is 2. The molecular formula is C23H33ClN4O. The van der Waals surface area contributed by atoms with Crippen molar-refractivity contribution in [1.82, 2.24) is 15.2 Å². The summed E-state index contributed by atoms with van der Waals surface area (Å²) in [7, 11) is 1.78. The van der Waals surface area contributed by atoms with Crippen LogP contribution in [0.2, 0.25) is 5.02 Å². The number of nitrogens with zero attached hydrogens (tertiary/aromatic N) is 2. The van der Waals surface area contributed by atoms with Crippen LogP contribution in [-0.2, 0) is 13.0 Å². The fourth-order valence-corrected chi connectivity index (χ4v) is 3.53. The number of pyridine rings is 1. The van der Waals surface area contributed by atoms with Crippen LogP contribution in [0, 0.1) is 12.3 Å². The van der Waals surface area contributed by atoms with Gasteiger partial charge in [-0.25, -0.2) is 0 Å². The van der Waals surface area contributed by atoms with Gasteiger partial charge in [0.05, 0.1) is 0 Å². The Kier molecular flexibility index (Phi) is 8.77. The largest absolute Gasteiger partial charge is 0.356 e. The van der Waals surface area contributed by atoms with Crippen molar-refractivity contribution in [2.75, 3.05) is 20.1 Å². The Morgan fingerprint density at radius 1 is 1.14 bits per heavy atom. The number of aryl methyl sites for hydroxylation is 1. The molecule has 0 aliphatic rings. The van der Waals surface area contributed by atoms with Crippen LogP contribution in [0.15, 0.2) is 52.3 Å². The molecule has 2 rings (SSSR count). The zero-order valence-electron chi connectivity index (χ0n) is 18.0. The molecule has 1 aromatic carbocycles. The van der Waals surface area contributed by atoms with E-state index in [2.05, 4.69) is 35.5 Å². The highest BCUT2D eigenvalue weighted by atomic mass is 35.5. The van der Waals surface area contributed by atoms with E-state index >= 15 is 0 Å². The Bertz CT molecular complexity index is 873. The van der Waals surface area contributed by atoms with Gasteiger partial charge in [0.1, 0.15) is 0 Å². The van der Waals surface area contributed by atoms with Crippen molar-refractivity contribution in [3.05, 3.63) is 69.1 Å². The molecule has 0 amide bonds. The molecule has 0 unspecified atom stereocenters. The number of unbranched alkanes of at least 4 members (excludes halogenated alkanes) is 1. The summed E-state index contributed by atoms with van der Waals surface area (Å²) < 4.78 is 1.82. The van der Waals surface area contributed by atoms with E-state index in [4.69, 9.17) is 11.6 Å². The fraction of sp³-hybridized carbons (Fsp3) is 0.478. The molecule has 1 aromatic heterocycles. The fourth-order valence-electron chi connectivity index (χ4n) is 3.32. The normalized spacial score (nSPS) is 12.1. The van der Waals surface area contributed by atoms with E-state index in [0.717, 1.165) is 55.6 Å². The first kappa shape index (κ1) is 23.0. The van der Waals surface area contributed by atoms with Crippen molar-refractivity contribution in [3.63, 3.8) is 0 Å². The smallest absolute Gasteiger partial charge is 0.250 e. The second-order valence-corrected chi connectivity index (χ2v) is 8.62. The van der Waals surface area contributed by atoms with Crippen molar-refractivity contribution in [2.24, 2.45) is 10.4 Å². The van der Waals surface area contributed by atoms with Gasteiger partial charge < -0.3 is 15.2 Å². The predicted octanol–water partition coefficient (Wildman–Crippen LogP) is 4.02. The molecule has 1 heterocycles. The van der Waals surface area contributed by atoms with Crippen molar-refractivity contribution in [3.8, 4) is 0 Å². The lowest BCUT2D eigenvalue weighted by atomic mass is 9.86. The second kappa shape index (κ2) is 11.1. The van der Waals surface area contributed by atoms with Crippen LogP contribution in [0.3, 0.4) is 0 Å². The van der Waals surface area contributed by atoms with Crippen molar-refractivity contribution in [2.45, 2.75) is 46.6 Å². The van der Waals surface area contributed by atoms with Crippen LogP contribution >= 0.6 is 11.6 Å². The zero-order chi connectivity index (χ0) is 21.3. The summed E-state index contributed by atoms with van der Waals surface area (Å²) in [6.07, 6.45) is 2.84. The van der Waals surface area contributed by atoms with Crippen LogP contribution in [0.5, 0.6) is 0 Å². The molecule has 29 heavy (non-hydrogen) atoms. The van der Waals surface area contributed by atoms with Crippen molar-refractivity contribution in [1.29, 1.82) is 0 Å². The summed E-state index contributed by atoms with van der Waals surface area (Å²) >= 11 is 6.10. The van der Waals surface area contributed by atoms with E-state index in [9.17, 15) is 4.79 Å². The maximum atomic E-state index is 11.9. The Morgan fingerprint density at radius 3 is 2.59 bits per heavy atom. The Labute approximate surface area is 179 Å². The maximum absolute atomic E-state index is 11.9. The zero-order valence-corrected chi connectivity index (χ0v) is 18.7. The van der Waals surface area contributed by atoms with Crippen LogP contribution in [0.4, 0.5) is 0 Å². The molecular weight excluding hydrogens is 384 g/mol. The molecule has 0 fully saturated rings. The molecule has 0 atom stereocenters. The SMILES string of the molecule is CN=C(NCCCCn1c(C)cccc1=O)NCC(C)(C)Cc1cccc(Cl)c1. The highest BCUT2D eigenvalue weighted by Gasteiger charge is 2.19. The minimum atomic E-state index is 0.0638. The number of aliphatic imine (C=N–C) groups is 1. The third kappa shape index (κ3) is 7.94. The van der Waals surface area contributed by atoms with Gasteiger partial charge in [-0.15, -0.1) is 0 Å². The summed E-state index contributed by atoms with van der Waals surface area (Å²) in [5, 5.41) is 7.56.